The fourth-order valence-electron chi connectivity index (χ4n) is 9.05. The van der Waals surface area contributed by atoms with Gasteiger partial charge in [-0.25, -0.2) is 0 Å². The number of hydrogen-bond acceptors (Lipinski definition) is 2. The van der Waals surface area contributed by atoms with Crippen molar-refractivity contribution in [1.29, 1.82) is 0 Å². The second-order valence-corrected chi connectivity index (χ2v) is 16.9. The molecule has 11 aromatic rings. The van der Waals surface area contributed by atoms with Gasteiger partial charge in [0.15, 0.2) is 0 Å². The zero-order valence-corrected chi connectivity index (χ0v) is 32.1. The minimum atomic E-state index is 1.09. The highest BCUT2D eigenvalue weighted by Crippen LogP contribution is 2.48. The van der Waals surface area contributed by atoms with E-state index in [2.05, 4.69) is 191 Å². The van der Waals surface area contributed by atoms with Crippen molar-refractivity contribution < 1.29 is 0 Å². The van der Waals surface area contributed by atoms with Crippen LogP contribution in [0.15, 0.2) is 176 Å². The van der Waals surface area contributed by atoms with Crippen molar-refractivity contribution in [2.24, 2.45) is 0 Å². The van der Waals surface area contributed by atoms with E-state index in [1.165, 1.54) is 108 Å². The third kappa shape index (κ3) is 4.86. The number of hydrogen-bond donors (Lipinski definition) is 0. The zero-order valence-electron chi connectivity index (χ0n) is 30.4. The minimum Gasteiger partial charge on any atom is -0.309 e. The lowest BCUT2D eigenvalue weighted by Crippen LogP contribution is -1.96. The Morgan fingerprint density at radius 2 is 1.05 bits per heavy atom. The molecule has 0 fully saturated rings. The van der Waals surface area contributed by atoms with Gasteiger partial charge < -0.3 is 9.13 Å². The van der Waals surface area contributed by atoms with E-state index < -0.39 is 0 Å². The Morgan fingerprint density at radius 1 is 0.429 bits per heavy atom. The highest BCUT2D eigenvalue weighted by atomic mass is 32.1. The number of allylic oxidation sites excluding steroid dienone is 1. The predicted octanol–water partition coefficient (Wildman–Crippen LogP) is 15.1. The number of thiophene rings is 2. The summed E-state index contributed by atoms with van der Waals surface area (Å²) in [5, 5.41) is 5.11. The molecule has 1 aliphatic carbocycles. The third-order valence-corrected chi connectivity index (χ3v) is 14.1. The van der Waals surface area contributed by atoms with Crippen molar-refractivity contribution >= 4 is 81.8 Å². The standard InChI is InChI=1S/C52H34N2S2/c1-2-16-37(17-3-1)53-45-23-9-8-20-41(45)44-30-36(26-29-46(44)53)33-24-27-38(28-25-33)54-47-31-49(42-21-10-14-34-12-4-6-18-39(34)42)55-51(47)52-48(54)32-50(56-52)43-22-11-15-35-13-5-7-19-40(35)43/h1-6,8-18,20-32H,7,19H2. The quantitative estimate of drug-likeness (QED) is 0.166. The van der Waals surface area contributed by atoms with Crippen LogP contribution in [0.25, 0.3) is 102 Å². The molecule has 0 spiro atoms. The van der Waals surface area contributed by atoms with Crippen LogP contribution in [-0.4, -0.2) is 9.13 Å². The van der Waals surface area contributed by atoms with E-state index in [4.69, 9.17) is 0 Å². The smallest absolute Gasteiger partial charge is 0.0711 e. The third-order valence-electron chi connectivity index (χ3n) is 11.7. The van der Waals surface area contributed by atoms with E-state index in [1.807, 2.05) is 22.7 Å². The van der Waals surface area contributed by atoms with Gasteiger partial charge in [0, 0.05) is 31.9 Å². The van der Waals surface area contributed by atoms with Gasteiger partial charge >= 0.3 is 0 Å². The van der Waals surface area contributed by atoms with E-state index in [0.29, 0.717) is 0 Å². The predicted molar refractivity (Wildman–Crippen MR) is 242 cm³/mol. The fourth-order valence-corrected chi connectivity index (χ4v) is 11.6. The molecule has 0 atom stereocenters. The van der Waals surface area contributed by atoms with Gasteiger partial charge in [-0.3, -0.25) is 0 Å². The summed E-state index contributed by atoms with van der Waals surface area (Å²) in [5.41, 5.74) is 15.3. The maximum Gasteiger partial charge on any atom is 0.0711 e. The van der Waals surface area contributed by atoms with Crippen molar-refractivity contribution in [1.82, 2.24) is 9.13 Å². The fraction of sp³-hybridized carbons (Fsp3) is 0.0385. The topological polar surface area (TPSA) is 9.86 Å². The van der Waals surface area contributed by atoms with Gasteiger partial charge in [0.05, 0.1) is 31.5 Å². The van der Waals surface area contributed by atoms with Crippen LogP contribution < -0.4 is 0 Å². The summed E-state index contributed by atoms with van der Waals surface area (Å²) >= 11 is 3.87. The van der Waals surface area contributed by atoms with E-state index >= 15 is 0 Å². The van der Waals surface area contributed by atoms with Crippen molar-refractivity contribution in [2.45, 2.75) is 12.8 Å². The van der Waals surface area contributed by atoms with Crippen LogP contribution >= 0.6 is 22.7 Å². The minimum absolute atomic E-state index is 1.09. The summed E-state index contributed by atoms with van der Waals surface area (Å²) in [4.78, 5) is 2.65. The molecule has 4 heteroatoms. The summed E-state index contributed by atoms with van der Waals surface area (Å²) in [6, 6.07) is 62.7. The molecule has 4 heterocycles. The van der Waals surface area contributed by atoms with Crippen LogP contribution in [0, 0.1) is 0 Å². The Labute approximate surface area is 332 Å². The lowest BCUT2D eigenvalue weighted by atomic mass is 9.92. The molecule has 0 saturated heterocycles. The van der Waals surface area contributed by atoms with Crippen molar-refractivity contribution in [2.75, 3.05) is 0 Å². The molecule has 56 heavy (non-hydrogen) atoms. The highest BCUT2D eigenvalue weighted by Gasteiger charge is 2.22. The maximum atomic E-state index is 2.51. The van der Waals surface area contributed by atoms with Gasteiger partial charge in [0.2, 0.25) is 0 Å². The molecule has 0 radical (unpaired) electrons. The molecule has 0 bridgehead atoms. The number of aromatic nitrogens is 2. The molecule has 12 rings (SSSR count). The molecule has 0 unspecified atom stereocenters. The van der Waals surface area contributed by atoms with Crippen LogP contribution in [0.1, 0.15) is 17.5 Å². The Balaban J connectivity index is 1.02. The molecular weight excluding hydrogens is 717 g/mol. The molecular formula is C52H34N2S2. The number of benzene rings is 7. The van der Waals surface area contributed by atoms with Crippen LogP contribution in [0.2, 0.25) is 0 Å². The molecule has 0 N–H and O–H groups in total. The van der Waals surface area contributed by atoms with Crippen LogP contribution in [0.3, 0.4) is 0 Å². The lowest BCUT2D eigenvalue weighted by Gasteiger charge is -2.14. The molecule has 0 saturated carbocycles. The normalized spacial score (nSPS) is 12.8. The van der Waals surface area contributed by atoms with Crippen LogP contribution in [0.5, 0.6) is 0 Å². The van der Waals surface area contributed by atoms with Gasteiger partial charge in [0.25, 0.3) is 0 Å². The Morgan fingerprint density at radius 3 is 1.89 bits per heavy atom. The molecule has 0 amide bonds. The zero-order chi connectivity index (χ0) is 36.7. The van der Waals surface area contributed by atoms with Crippen molar-refractivity contribution in [3.63, 3.8) is 0 Å². The Kier molecular flexibility index (Phi) is 7.13. The number of nitrogens with zero attached hydrogens (tertiary/aromatic N) is 2. The number of fused-ring (bicyclic) bond motifs is 8. The van der Waals surface area contributed by atoms with Gasteiger partial charge in [0.1, 0.15) is 0 Å². The number of rotatable bonds is 5. The molecule has 264 valence electrons. The highest BCUT2D eigenvalue weighted by molar-refractivity contribution is 7.30. The van der Waals surface area contributed by atoms with Gasteiger partial charge in [-0.1, -0.05) is 127 Å². The summed E-state index contributed by atoms with van der Waals surface area (Å²) < 4.78 is 7.60. The second-order valence-electron chi connectivity index (χ2n) is 14.8. The maximum absolute atomic E-state index is 2.51. The van der Waals surface area contributed by atoms with E-state index in [9.17, 15) is 0 Å². The average molecular weight is 751 g/mol. The summed E-state index contributed by atoms with van der Waals surface area (Å²) in [5.74, 6) is 0. The first-order valence-electron chi connectivity index (χ1n) is 19.3. The molecule has 4 aromatic heterocycles. The SMILES string of the molecule is C1=Cc2cccc(-c3cc4c(s3)c3sc(-c5cccc6ccccc56)cc3n4-c3ccc(-c4ccc5c(c4)c4ccccc4n5-c4ccccc4)cc3)c2CC1. The Hall–Kier alpha value is -6.46. The summed E-state index contributed by atoms with van der Waals surface area (Å²) in [7, 11) is 0. The molecule has 2 nitrogen and oxygen atoms in total. The average Bonchev–Trinajstić information content (AvgIpc) is 4.03. The van der Waals surface area contributed by atoms with Gasteiger partial charge in [-0.05, 0) is 112 Å². The summed E-state index contributed by atoms with van der Waals surface area (Å²) in [6.07, 6.45) is 6.78. The van der Waals surface area contributed by atoms with Crippen LogP contribution in [-0.2, 0) is 6.42 Å². The lowest BCUT2D eigenvalue weighted by molar-refractivity contribution is 0.989. The van der Waals surface area contributed by atoms with Gasteiger partial charge in [-0.15, -0.1) is 22.7 Å². The largest absolute Gasteiger partial charge is 0.309 e. The monoisotopic (exact) mass is 750 g/mol. The first kappa shape index (κ1) is 31.8. The first-order valence-corrected chi connectivity index (χ1v) is 20.9. The second kappa shape index (κ2) is 12.5. The summed E-state index contributed by atoms with van der Waals surface area (Å²) in [6.45, 7) is 0. The first-order chi connectivity index (χ1) is 27.8. The van der Waals surface area contributed by atoms with E-state index in [-0.39, 0.29) is 0 Å². The molecule has 0 aliphatic heterocycles. The van der Waals surface area contributed by atoms with Gasteiger partial charge in [-0.2, -0.15) is 0 Å². The van der Waals surface area contributed by atoms with E-state index in [0.717, 1.165) is 12.8 Å². The van der Waals surface area contributed by atoms with Crippen molar-refractivity contribution in [3.05, 3.63) is 187 Å². The Bertz CT molecular complexity index is 3350. The van der Waals surface area contributed by atoms with Crippen molar-refractivity contribution in [3.8, 4) is 43.4 Å². The van der Waals surface area contributed by atoms with E-state index in [1.54, 1.807) is 0 Å². The molecule has 7 aromatic carbocycles. The number of para-hydroxylation sites is 2. The molecule has 1 aliphatic rings. The van der Waals surface area contributed by atoms with Crippen LogP contribution in [0.4, 0.5) is 0 Å².